The summed E-state index contributed by atoms with van der Waals surface area (Å²) in [5.74, 6) is 0. The van der Waals surface area contributed by atoms with Crippen molar-refractivity contribution in [2.45, 2.75) is 71.3 Å². The van der Waals surface area contributed by atoms with E-state index in [2.05, 4.69) is 4.90 Å². The molecule has 2 atom stereocenters. The summed E-state index contributed by atoms with van der Waals surface area (Å²) in [6.07, 6.45) is -0.299. The number of nitrogens with zero attached hydrogens (tertiary/aromatic N) is 3. The smallest absolute Gasteiger partial charge is 0.410 e. The summed E-state index contributed by atoms with van der Waals surface area (Å²) in [5.41, 5.74) is 0.767. The lowest BCUT2D eigenvalue weighted by Crippen LogP contribution is -2.54. The van der Waals surface area contributed by atoms with Crippen LogP contribution in [0, 0.1) is 0 Å². The topological polar surface area (TPSA) is 82.5 Å². The summed E-state index contributed by atoms with van der Waals surface area (Å²) in [5, 5.41) is 9.82. The molecule has 2 fully saturated rings. The number of hydrogen-bond acceptors (Lipinski definition) is 6. The zero-order valence-corrected chi connectivity index (χ0v) is 20.1. The molecule has 1 aromatic rings. The molecule has 2 saturated heterocycles. The number of carbonyl (C=O) groups excluding carboxylic acids is 2. The number of aliphatic hydroxyl groups is 1. The van der Waals surface area contributed by atoms with Gasteiger partial charge < -0.3 is 24.4 Å². The van der Waals surface area contributed by atoms with E-state index in [0.29, 0.717) is 26.2 Å². The van der Waals surface area contributed by atoms with Crippen LogP contribution in [0.1, 0.15) is 59.6 Å². The number of β-amino-alcohol motifs (C(OH)–C–C–N with tert-alkyl or cyclic N) is 1. The molecule has 1 aromatic carbocycles. The van der Waals surface area contributed by atoms with Crippen molar-refractivity contribution in [2.24, 2.45) is 0 Å². The van der Waals surface area contributed by atoms with E-state index >= 15 is 0 Å². The van der Waals surface area contributed by atoms with Crippen LogP contribution in [0.2, 0.25) is 0 Å². The first-order valence-corrected chi connectivity index (χ1v) is 11.3. The Balaban J connectivity index is 1.81. The first kappa shape index (κ1) is 24.2. The van der Waals surface area contributed by atoms with Gasteiger partial charge in [0.2, 0.25) is 0 Å². The highest BCUT2D eigenvalue weighted by Crippen LogP contribution is 2.30. The maximum atomic E-state index is 12.9. The summed E-state index contributed by atoms with van der Waals surface area (Å²) in [4.78, 5) is 31.1. The van der Waals surface area contributed by atoms with Gasteiger partial charge in [-0.1, -0.05) is 12.1 Å². The predicted octanol–water partition coefficient (Wildman–Crippen LogP) is 3.79. The van der Waals surface area contributed by atoms with Gasteiger partial charge in [0, 0.05) is 38.4 Å². The standard InChI is InChI=1S/C24H37N3O5/c1-23(2,3)31-21(29)26-13-14-27(22(30)32-24(4,5)6)20(16-26)17-7-9-18(10-8-17)25-12-11-19(28)15-25/h7-10,19-20,28H,11-16H2,1-6H3/t19-,20-/m1/s1. The third-order valence-electron chi connectivity index (χ3n) is 5.47. The number of rotatable bonds is 2. The Morgan fingerprint density at radius 1 is 0.875 bits per heavy atom. The van der Waals surface area contributed by atoms with Crippen molar-refractivity contribution in [3.05, 3.63) is 29.8 Å². The number of piperazine rings is 1. The van der Waals surface area contributed by atoms with Gasteiger partial charge in [-0.25, -0.2) is 9.59 Å². The molecule has 0 saturated carbocycles. The van der Waals surface area contributed by atoms with E-state index in [1.54, 1.807) is 9.80 Å². The minimum Gasteiger partial charge on any atom is -0.444 e. The zero-order chi connectivity index (χ0) is 23.7. The van der Waals surface area contributed by atoms with Crippen LogP contribution in [0.5, 0.6) is 0 Å². The molecule has 0 spiro atoms. The van der Waals surface area contributed by atoms with E-state index in [1.165, 1.54) is 0 Å². The molecule has 1 N–H and O–H groups in total. The summed E-state index contributed by atoms with van der Waals surface area (Å²) >= 11 is 0. The molecular formula is C24H37N3O5. The molecular weight excluding hydrogens is 410 g/mol. The number of hydrogen-bond donors (Lipinski definition) is 1. The maximum Gasteiger partial charge on any atom is 0.410 e. The Morgan fingerprint density at radius 3 is 2.00 bits per heavy atom. The summed E-state index contributed by atoms with van der Waals surface area (Å²) in [6.45, 7) is 13.6. The first-order chi connectivity index (χ1) is 14.8. The summed E-state index contributed by atoms with van der Waals surface area (Å²) in [6, 6.07) is 7.64. The fraction of sp³-hybridized carbons (Fsp3) is 0.667. The lowest BCUT2D eigenvalue weighted by molar-refractivity contribution is -0.0152. The Hall–Kier alpha value is -2.48. The third-order valence-corrected chi connectivity index (χ3v) is 5.47. The number of amides is 2. The maximum absolute atomic E-state index is 12.9. The van der Waals surface area contributed by atoms with Gasteiger partial charge in [0.05, 0.1) is 12.1 Å². The van der Waals surface area contributed by atoms with Crippen LogP contribution < -0.4 is 4.90 Å². The summed E-state index contributed by atoms with van der Waals surface area (Å²) < 4.78 is 11.2. The second-order valence-electron chi connectivity index (χ2n) is 10.6. The van der Waals surface area contributed by atoms with Crippen LogP contribution in [-0.4, -0.2) is 77.1 Å². The largest absolute Gasteiger partial charge is 0.444 e. The molecule has 0 radical (unpaired) electrons. The lowest BCUT2D eigenvalue weighted by Gasteiger charge is -2.42. The second kappa shape index (κ2) is 9.17. The van der Waals surface area contributed by atoms with Crippen LogP contribution in [0.15, 0.2) is 24.3 Å². The van der Waals surface area contributed by atoms with Gasteiger partial charge in [0.1, 0.15) is 11.2 Å². The number of benzene rings is 1. The fourth-order valence-electron chi connectivity index (χ4n) is 3.98. The molecule has 8 nitrogen and oxygen atoms in total. The van der Waals surface area contributed by atoms with E-state index in [1.807, 2.05) is 65.8 Å². The molecule has 3 rings (SSSR count). The Kier molecular flexibility index (Phi) is 6.93. The zero-order valence-electron chi connectivity index (χ0n) is 20.1. The van der Waals surface area contributed by atoms with E-state index in [4.69, 9.17) is 9.47 Å². The van der Waals surface area contributed by atoms with Crippen molar-refractivity contribution in [1.29, 1.82) is 0 Å². The predicted molar refractivity (Wildman–Crippen MR) is 123 cm³/mol. The van der Waals surface area contributed by atoms with Gasteiger partial charge in [0.25, 0.3) is 0 Å². The average Bonchev–Trinajstić information content (AvgIpc) is 3.11. The molecule has 0 aromatic heterocycles. The molecule has 2 aliphatic rings. The first-order valence-electron chi connectivity index (χ1n) is 11.3. The van der Waals surface area contributed by atoms with Crippen LogP contribution >= 0.6 is 0 Å². The Morgan fingerprint density at radius 2 is 1.47 bits per heavy atom. The Labute approximate surface area is 191 Å². The highest BCUT2D eigenvalue weighted by molar-refractivity contribution is 5.71. The SMILES string of the molecule is CC(C)(C)OC(=O)N1CCN(C(=O)OC(C)(C)C)[C@@H](c2ccc(N3CC[C@@H](O)C3)cc2)C1. The van der Waals surface area contributed by atoms with Crippen LogP contribution in [0.4, 0.5) is 15.3 Å². The fourth-order valence-corrected chi connectivity index (χ4v) is 3.98. The molecule has 32 heavy (non-hydrogen) atoms. The van der Waals surface area contributed by atoms with Crippen molar-refractivity contribution in [3.8, 4) is 0 Å². The van der Waals surface area contributed by atoms with Gasteiger partial charge in [0.15, 0.2) is 0 Å². The van der Waals surface area contributed by atoms with Gasteiger partial charge in [-0.15, -0.1) is 0 Å². The van der Waals surface area contributed by atoms with E-state index < -0.39 is 17.3 Å². The van der Waals surface area contributed by atoms with Crippen LogP contribution in [0.25, 0.3) is 0 Å². The van der Waals surface area contributed by atoms with Crippen molar-refractivity contribution in [1.82, 2.24) is 9.80 Å². The number of carbonyl (C=O) groups is 2. The van der Waals surface area contributed by atoms with Crippen molar-refractivity contribution >= 4 is 17.9 Å². The monoisotopic (exact) mass is 447 g/mol. The quantitative estimate of drug-likeness (QED) is 0.743. The normalized spacial score (nSPS) is 22.2. The molecule has 178 valence electrons. The van der Waals surface area contributed by atoms with Gasteiger partial charge in [-0.2, -0.15) is 0 Å². The number of ether oxygens (including phenoxy) is 2. The summed E-state index contributed by atoms with van der Waals surface area (Å²) in [7, 11) is 0. The van der Waals surface area contributed by atoms with Gasteiger partial charge in [-0.3, -0.25) is 4.90 Å². The van der Waals surface area contributed by atoms with E-state index in [0.717, 1.165) is 24.2 Å². The minimum absolute atomic E-state index is 0.293. The van der Waals surface area contributed by atoms with Crippen molar-refractivity contribution < 1.29 is 24.2 Å². The highest BCUT2D eigenvalue weighted by atomic mass is 16.6. The van der Waals surface area contributed by atoms with Gasteiger partial charge >= 0.3 is 12.2 Å². The molecule has 0 unspecified atom stereocenters. The second-order valence-corrected chi connectivity index (χ2v) is 10.6. The molecule has 2 amide bonds. The highest BCUT2D eigenvalue weighted by Gasteiger charge is 2.37. The molecule has 0 aliphatic carbocycles. The van der Waals surface area contributed by atoms with Crippen LogP contribution in [-0.2, 0) is 9.47 Å². The van der Waals surface area contributed by atoms with E-state index in [9.17, 15) is 14.7 Å². The van der Waals surface area contributed by atoms with Gasteiger partial charge in [-0.05, 0) is 65.7 Å². The molecule has 8 heteroatoms. The third kappa shape index (κ3) is 6.28. The number of anilines is 1. The minimum atomic E-state index is -0.607. The van der Waals surface area contributed by atoms with Crippen molar-refractivity contribution in [3.63, 3.8) is 0 Å². The molecule has 0 bridgehead atoms. The Bertz CT molecular complexity index is 812. The molecule has 2 heterocycles. The van der Waals surface area contributed by atoms with Crippen molar-refractivity contribution in [2.75, 3.05) is 37.6 Å². The average molecular weight is 448 g/mol. The molecule has 2 aliphatic heterocycles. The van der Waals surface area contributed by atoms with E-state index in [-0.39, 0.29) is 18.2 Å². The van der Waals surface area contributed by atoms with Crippen LogP contribution in [0.3, 0.4) is 0 Å². The lowest BCUT2D eigenvalue weighted by atomic mass is 10.0. The number of aliphatic hydroxyl groups excluding tert-OH is 1.